The quantitative estimate of drug-likeness (QED) is 0.766. The van der Waals surface area contributed by atoms with Crippen LogP contribution >= 0.6 is 0 Å². The Kier molecular flexibility index (Phi) is 4.01. The molecule has 1 fully saturated rings. The Morgan fingerprint density at radius 2 is 1.96 bits per heavy atom. The summed E-state index contributed by atoms with van der Waals surface area (Å²) in [6, 6.07) is 3.73. The van der Waals surface area contributed by atoms with E-state index >= 15 is 0 Å². The number of nitrogens with one attached hydrogen (secondary N) is 1. The number of piperidine rings is 1. The Labute approximate surface area is 152 Å². The molecule has 0 amide bonds. The predicted octanol–water partition coefficient (Wildman–Crippen LogP) is 2.43. The molecular weight excluding hydrogens is 328 g/mol. The minimum atomic E-state index is -0.0786. The number of H-pyrrole nitrogens is 1. The number of nitrogens with zero attached hydrogens (tertiary/aromatic N) is 5. The SMILES string of the molecule is Cc1cc(N2CCC[C@H](c3cc(=O)[nH]c(C)n3)C2)n2nc(C)c(C)c2n1. The number of hydrogen-bond acceptors (Lipinski definition) is 5. The maximum atomic E-state index is 11.8. The molecule has 3 aromatic rings. The molecule has 26 heavy (non-hydrogen) atoms. The molecule has 0 spiro atoms. The zero-order valence-corrected chi connectivity index (χ0v) is 15.7. The van der Waals surface area contributed by atoms with Gasteiger partial charge in [0.1, 0.15) is 11.6 Å². The second-order valence-electron chi connectivity index (χ2n) is 7.24. The number of anilines is 1. The Balaban J connectivity index is 1.73. The van der Waals surface area contributed by atoms with Crippen LogP contribution in [0.25, 0.3) is 5.65 Å². The van der Waals surface area contributed by atoms with Crippen LogP contribution in [0.5, 0.6) is 0 Å². The van der Waals surface area contributed by atoms with Crippen LogP contribution in [0.15, 0.2) is 16.9 Å². The van der Waals surface area contributed by atoms with E-state index in [9.17, 15) is 4.79 Å². The van der Waals surface area contributed by atoms with Crippen molar-refractivity contribution in [1.82, 2.24) is 24.6 Å². The summed E-state index contributed by atoms with van der Waals surface area (Å²) in [5, 5.41) is 4.70. The van der Waals surface area contributed by atoms with E-state index in [1.54, 1.807) is 6.07 Å². The van der Waals surface area contributed by atoms with Crippen LogP contribution in [-0.2, 0) is 0 Å². The van der Waals surface area contributed by atoms with Crippen LogP contribution in [0.1, 0.15) is 47.2 Å². The molecule has 7 heteroatoms. The second-order valence-corrected chi connectivity index (χ2v) is 7.24. The standard InChI is InChI=1S/C19H24N6O/c1-11-8-18(25-19(20-11)12(2)13(3)23-25)24-7-5-6-15(10-24)16-9-17(26)22-14(4)21-16/h8-9,15H,5-7,10H2,1-4H3,(H,21,22,26)/t15-/m0/s1. The number of aromatic amines is 1. The zero-order valence-electron chi connectivity index (χ0n) is 15.7. The van der Waals surface area contributed by atoms with Crippen molar-refractivity contribution in [3.8, 4) is 0 Å². The van der Waals surface area contributed by atoms with Crippen LogP contribution in [-0.4, -0.2) is 37.7 Å². The van der Waals surface area contributed by atoms with Gasteiger partial charge in [0.05, 0.1) is 11.4 Å². The predicted molar refractivity (Wildman–Crippen MR) is 101 cm³/mol. The molecule has 4 rings (SSSR count). The molecule has 1 aliphatic rings. The lowest BCUT2D eigenvalue weighted by Gasteiger charge is -2.34. The highest BCUT2D eigenvalue weighted by Crippen LogP contribution is 2.30. The van der Waals surface area contributed by atoms with Crippen molar-refractivity contribution < 1.29 is 0 Å². The fraction of sp³-hybridized carbons (Fsp3) is 0.474. The van der Waals surface area contributed by atoms with E-state index in [2.05, 4.69) is 32.8 Å². The number of rotatable bonds is 2. The molecule has 136 valence electrons. The summed E-state index contributed by atoms with van der Waals surface area (Å²) in [5.41, 5.74) is 4.84. The normalized spacial score (nSPS) is 17.8. The van der Waals surface area contributed by atoms with Gasteiger partial charge in [-0.05, 0) is 40.5 Å². The summed E-state index contributed by atoms with van der Waals surface area (Å²) in [6.45, 7) is 9.73. The molecule has 1 N–H and O–H groups in total. The van der Waals surface area contributed by atoms with E-state index < -0.39 is 0 Å². The number of aryl methyl sites for hydroxylation is 4. The highest BCUT2D eigenvalue weighted by Gasteiger charge is 2.25. The van der Waals surface area contributed by atoms with E-state index in [-0.39, 0.29) is 11.5 Å². The lowest BCUT2D eigenvalue weighted by Crippen LogP contribution is -2.36. The van der Waals surface area contributed by atoms with Crippen LogP contribution in [0.3, 0.4) is 0 Å². The van der Waals surface area contributed by atoms with Gasteiger partial charge in [-0.25, -0.2) is 9.97 Å². The van der Waals surface area contributed by atoms with E-state index in [0.717, 1.165) is 60.0 Å². The van der Waals surface area contributed by atoms with Crippen LogP contribution in [0.2, 0.25) is 0 Å². The molecule has 1 saturated heterocycles. The minimum absolute atomic E-state index is 0.0786. The van der Waals surface area contributed by atoms with Gasteiger partial charge < -0.3 is 9.88 Å². The average molecular weight is 352 g/mol. The molecule has 0 radical (unpaired) electrons. The molecule has 1 aliphatic heterocycles. The van der Waals surface area contributed by atoms with E-state index in [1.165, 1.54) is 0 Å². The first-order chi connectivity index (χ1) is 12.4. The molecule has 0 aromatic carbocycles. The smallest absolute Gasteiger partial charge is 0.251 e. The monoisotopic (exact) mass is 352 g/mol. The van der Waals surface area contributed by atoms with Crippen molar-refractivity contribution in [3.63, 3.8) is 0 Å². The van der Waals surface area contributed by atoms with Crippen molar-refractivity contribution in [1.29, 1.82) is 0 Å². The van der Waals surface area contributed by atoms with Gasteiger partial charge in [0.15, 0.2) is 5.65 Å². The maximum Gasteiger partial charge on any atom is 0.251 e. The van der Waals surface area contributed by atoms with E-state index in [4.69, 9.17) is 5.10 Å². The molecule has 0 bridgehead atoms. The number of hydrogen-bond donors (Lipinski definition) is 1. The van der Waals surface area contributed by atoms with E-state index in [1.807, 2.05) is 25.3 Å². The Morgan fingerprint density at radius 1 is 1.15 bits per heavy atom. The second kappa shape index (κ2) is 6.23. The average Bonchev–Trinajstić information content (AvgIpc) is 2.88. The first-order valence-corrected chi connectivity index (χ1v) is 9.09. The third-order valence-corrected chi connectivity index (χ3v) is 5.21. The summed E-state index contributed by atoms with van der Waals surface area (Å²) < 4.78 is 1.95. The molecule has 4 heterocycles. The third-order valence-electron chi connectivity index (χ3n) is 5.21. The van der Waals surface area contributed by atoms with Gasteiger partial charge in [-0.15, -0.1) is 0 Å². The van der Waals surface area contributed by atoms with Gasteiger partial charge in [0.2, 0.25) is 0 Å². The first-order valence-electron chi connectivity index (χ1n) is 9.09. The zero-order chi connectivity index (χ0) is 18.4. The highest BCUT2D eigenvalue weighted by molar-refractivity contribution is 5.57. The van der Waals surface area contributed by atoms with Crippen molar-refractivity contribution in [2.45, 2.75) is 46.5 Å². The highest BCUT2D eigenvalue weighted by atomic mass is 16.1. The maximum absolute atomic E-state index is 11.8. The van der Waals surface area contributed by atoms with Crippen molar-refractivity contribution in [3.05, 3.63) is 51.0 Å². The Hall–Kier alpha value is -2.70. The van der Waals surface area contributed by atoms with Crippen molar-refractivity contribution in [2.24, 2.45) is 0 Å². The lowest BCUT2D eigenvalue weighted by atomic mass is 9.94. The minimum Gasteiger partial charge on any atom is -0.356 e. The van der Waals surface area contributed by atoms with Gasteiger partial charge >= 0.3 is 0 Å². The summed E-state index contributed by atoms with van der Waals surface area (Å²) in [6.07, 6.45) is 2.09. The Bertz CT molecular complexity index is 1030. The largest absolute Gasteiger partial charge is 0.356 e. The number of aromatic nitrogens is 5. The summed E-state index contributed by atoms with van der Waals surface area (Å²) in [4.78, 5) is 26.1. The number of fused-ring (bicyclic) bond motifs is 1. The summed E-state index contributed by atoms with van der Waals surface area (Å²) in [7, 11) is 0. The van der Waals surface area contributed by atoms with Crippen LogP contribution in [0.4, 0.5) is 5.82 Å². The molecule has 3 aromatic heterocycles. The fourth-order valence-electron chi connectivity index (χ4n) is 3.79. The van der Waals surface area contributed by atoms with Gasteiger partial charge in [0.25, 0.3) is 5.56 Å². The van der Waals surface area contributed by atoms with Gasteiger partial charge in [-0.1, -0.05) is 0 Å². The van der Waals surface area contributed by atoms with Crippen molar-refractivity contribution >= 4 is 11.5 Å². The first kappa shape index (κ1) is 16.8. The lowest BCUT2D eigenvalue weighted by molar-refractivity contribution is 0.493. The van der Waals surface area contributed by atoms with Crippen molar-refractivity contribution in [2.75, 3.05) is 18.0 Å². The van der Waals surface area contributed by atoms with Gasteiger partial charge in [-0.2, -0.15) is 9.61 Å². The Morgan fingerprint density at radius 3 is 2.73 bits per heavy atom. The molecule has 7 nitrogen and oxygen atoms in total. The van der Waals surface area contributed by atoms with Gasteiger partial charge in [-0.3, -0.25) is 4.79 Å². The molecule has 1 atom stereocenters. The van der Waals surface area contributed by atoms with Crippen LogP contribution < -0.4 is 10.5 Å². The molecule has 0 unspecified atom stereocenters. The summed E-state index contributed by atoms with van der Waals surface area (Å²) >= 11 is 0. The fourth-order valence-corrected chi connectivity index (χ4v) is 3.79. The van der Waals surface area contributed by atoms with Gasteiger partial charge in [0, 0.05) is 42.4 Å². The van der Waals surface area contributed by atoms with E-state index in [0.29, 0.717) is 5.82 Å². The molecular formula is C19H24N6O. The molecule has 0 saturated carbocycles. The third kappa shape index (κ3) is 2.87. The topological polar surface area (TPSA) is 79.2 Å². The molecule has 0 aliphatic carbocycles. The van der Waals surface area contributed by atoms with Crippen LogP contribution in [0, 0.1) is 27.7 Å². The summed E-state index contributed by atoms with van der Waals surface area (Å²) in [5.74, 6) is 1.98.